The van der Waals surface area contributed by atoms with Crippen LogP contribution in [0.2, 0.25) is 20.1 Å². The van der Waals surface area contributed by atoms with Crippen molar-refractivity contribution in [2.24, 2.45) is 11.5 Å². The van der Waals surface area contributed by atoms with Gasteiger partial charge < -0.3 is 37.0 Å². The van der Waals surface area contributed by atoms with Gasteiger partial charge in [0.1, 0.15) is 24.2 Å². The third-order valence-electron chi connectivity index (χ3n) is 15.5. The number of aryl methyl sites for hydroxylation is 3. The second kappa shape index (κ2) is 28.0. The van der Waals surface area contributed by atoms with E-state index in [2.05, 4.69) is 72.0 Å². The van der Waals surface area contributed by atoms with Gasteiger partial charge in [0.15, 0.2) is 0 Å². The number of hydrogen-bond acceptors (Lipinski definition) is 11. The summed E-state index contributed by atoms with van der Waals surface area (Å²) in [7, 11) is 0. The van der Waals surface area contributed by atoms with E-state index in [1.54, 1.807) is 40.1 Å². The maximum Gasteiger partial charge on any atom is 0.303 e. The number of fused-ring (bicyclic) bond motifs is 2. The molecule has 4 saturated heterocycles. The standard InChI is InChI=1S/C29H35Cl2N7O2.C28H34Cl2N4O4/c30-23-9-7-20(14-24(23)31)16-33-28(39)25(10-11-27-34-18-35-36-27)37-13-12-22(8-6-19-4-2-1-3-5-19)38-17-21(32)15-26(38)29(37)40;29-22-9-7-19(14-23(22)30)16-32-27(37)24(10-11-26(35)36)33-13-12-21(8-6-18-4-2-1-3-5-18)34-17-20(31)15-25(34)28(33)38/h1-5,7,9,14,18,21-22,25-26H,6,8,10-13,15-17,32H2,(H,33,39)(H,34,35,36);1-5,7,9,14,20-21,24-25H,6,8,10-13,15-17,31H2,(H,32,37)(H,35,36). The van der Waals surface area contributed by atoms with Gasteiger partial charge in [-0.3, -0.25) is 38.9 Å². The lowest BCUT2D eigenvalue weighted by atomic mass is 10.0. The highest BCUT2D eigenvalue weighted by Crippen LogP contribution is 2.33. The zero-order valence-corrected chi connectivity index (χ0v) is 46.5. The van der Waals surface area contributed by atoms with Crippen molar-refractivity contribution in [3.05, 3.63) is 152 Å². The molecule has 21 heteroatoms. The maximum atomic E-state index is 14.0. The fourth-order valence-electron chi connectivity index (χ4n) is 11.4. The van der Waals surface area contributed by atoms with Crippen LogP contribution in [0, 0.1) is 0 Å². The number of benzene rings is 4. The number of aromatic nitrogens is 3. The van der Waals surface area contributed by atoms with Crippen molar-refractivity contribution in [1.82, 2.24) is 45.4 Å². The van der Waals surface area contributed by atoms with Crippen LogP contribution in [0.3, 0.4) is 0 Å². The van der Waals surface area contributed by atoms with Crippen LogP contribution >= 0.6 is 46.4 Å². The number of carbonyl (C=O) groups is 5. The molecule has 8 unspecified atom stereocenters. The second-order valence-electron chi connectivity index (χ2n) is 20.8. The number of carboxylic acid groups (broad SMARTS) is 1. The van der Waals surface area contributed by atoms with Crippen molar-refractivity contribution in [2.45, 2.75) is 138 Å². The number of hydrogen-bond donors (Lipinski definition) is 6. The minimum atomic E-state index is -1.01. The normalized spacial score (nSPS) is 22.3. The molecule has 8 atom stereocenters. The molecule has 4 aliphatic rings. The largest absolute Gasteiger partial charge is 0.481 e. The Labute approximate surface area is 475 Å². The molecule has 1 aromatic heterocycles. The van der Waals surface area contributed by atoms with Crippen LogP contribution in [0.25, 0.3) is 0 Å². The summed E-state index contributed by atoms with van der Waals surface area (Å²) in [6.45, 7) is 2.66. The summed E-state index contributed by atoms with van der Waals surface area (Å²) in [6, 6.07) is 28.8. The first-order valence-corrected chi connectivity index (χ1v) is 28.3. The SMILES string of the molecule is NC1CC2C(=O)N(C(CCC(=O)O)C(=O)NCc3ccc(Cl)c(Cl)c3)CCC(CCc3ccccc3)N2C1.NC1CC2C(=O)N(C(CCc3ncn[nH]3)C(=O)NCc3ccc(Cl)c(Cl)c3)CCC(CCc3ccccc3)N2C1. The van der Waals surface area contributed by atoms with Crippen LogP contribution in [0.1, 0.15) is 85.9 Å². The molecule has 4 aromatic carbocycles. The Morgan fingerprint density at radius 3 is 1.51 bits per heavy atom. The van der Waals surface area contributed by atoms with E-state index < -0.39 is 24.1 Å². The lowest BCUT2D eigenvalue weighted by Crippen LogP contribution is -2.53. The number of carbonyl (C=O) groups excluding carboxylic acids is 4. The number of nitrogens with two attached hydrogens (primary N) is 2. The molecule has 416 valence electrons. The molecular weight excluding hydrogens is 1080 g/mol. The molecule has 78 heavy (non-hydrogen) atoms. The lowest BCUT2D eigenvalue weighted by molar-refractivity contribution is -0.144. The molecule has 5 heterocycles. The monoisotopic (exact) mass is 1140 g/mol. The molecule has 0 radical (unpaired) electrons. The lowest BCUT2D eigenvalue weighted by Gasteiger charge is -2.32. The molecular formula is C57H69Cl4N11O6. The minimum absolute atomic E-state index is 0.0255. The van der Waals surface area contributed by atoms with E-state index >= 15 is 0 Å². The van der Waals surface area contributed by atoms with Gasteiger partial charge in [-0.25, -0.2) is 4.98 Å². The smallest absolute Gasteiger partial charge is 0.303 e. The zero-order valence-electron chi connectivity index (χ0n) is 43.5. The summed E-state index contributed by atoms with van der Waals surface area (Å²) >= 11 is 24.3. The van der Waals surface area contributed by atoms with Crippen LogP contribution in [0.5, 0.6) is 0 Å². The highest BCUT2D eigenvalue weighted by molar-refractivity contribution is 6.42. The van der Waals surface area contributed by atoms with Crippen molar-refractivity contribution in [3.63, 3.8) is 0 Å². The first-order valence-electron chi connectivity index (χ1n) is 26.8. The minimum Gasteiger partial charge on any atom is -0.481 e. The van der Waals surface area contributed by atoms with Crippen molar-refractivity contribution in [3.8, 4) is 0 Å². The van der Waals surface area contributed by atoms with Crippen molar-refractivity contribution in [2.75, 3.05) is 26.2 Å². The predicted molar refractivity (Wildman–Crippen MR) is 302 cm³/mol. The van der Waals surface area contributed by atoms with Gasteiger partial charge in [-0.1, -0.05) is 119 Å². The Kier molecular flexibility index (Phi) is 21.0. The van der Waals surface area contributed by atoms with Crippen LogP contribution in [-0.4, -0.2) is 144 Å². The highest BCUT2D eigenvalue weighted by Gasteiger charge is 2.47. The maximum absolute atomic E-state index is 14.0. The molecule has 17 nitrogen and oxygen atoms in total. The Balaban J connectivity index is 0.000000206. The van der Waals surface area contributed by atoms with Gasteiger partial charge in [-0.05, 0) is 111 Å². The van der Waals surface area contributed by atoms with Crippen LogP contribution in [0.15, 0.2) is 103 Å². The zero-order chi connectivity index (χ0) is 55.3. The van der Waals surface area contributed by atoms with Gasteiger partial charge >= 0.3 is 5.97 Å². The summed E-state index contributed by atoms with van der Waals surface area (Å²) in [6.07, 6.45) is 8.35. The van der Waals surface area contributed by atoms with E-state index in [0.29, 0.717) is 84.2 Å². The van der Waals surface area contributed by atoms with Gasteiger partial charge in [0, 0.05) is 76.3 Å². The second-order valence-corrected chi connectivity index (χ2v) is 22.4. The number of H-pyrrole nitrogens is 1. The summed E-state index contributed by atoms with van der Waals surface area (Å²) in [4.78, 5) is 78.4. The number of nitrogens with one attached hydrogen (secondary N) is 3. The van der Waals surface area contributed by atoms with Gasteiger partial charge in [-0.2, -0.15) is 5.10 Å². The number of carboxylic acids is 1. The fourth-order valence-corrected chi connectivity index (χ4v) is 12.1. The molecule has 0 aliphatic carbocycles. The Morgan fingerprint density at radius 1 is 0.628 bits per heavy atom. The molecule has 0 bridgehead atoms. The average Bonchev–Trinajstić information content (AvgIpc) is 4.30. The van der Waals surface area contributed by atoms with Crippen LogP contribution in [-0.2, 0) is 56.3 Å². The fraction of sp³-hybridized carbons (Fsp3) is 0.456. The van der Waals surface area contributed by atoms with Gasteiger partial charge in [0.2, 0.25) is 23.6 Å². The molecule has 5 aromatic rings. The topological polar surface area (TPSA) is 236 Å². The molecule has 9 rings (SSSR count). The van der Waals surface area contributed by atoms with Crippen molar-refractivity contribution >= 4 is 76.0 Å². The highest BCUT2D eigenvalue weighted by atomic mass is 35.5. The number of rotatable bonds is 20. The van der Waals surface area contributed by atoms with E-state index in [1.807, 2.05) is 30.3 Å². The first-order chi connectivity index (χ1) is 37.6. The Bertz CT molecular complexity index is 2820. The number of nitrogens with zero attached hydrogens (tertiary/aromatic N) is 6. The molecule has 0 saturated carbocycles. The average molecular weight is 1150 g/mol. The van der Waals surface area contributed by atoms with E-state index in [1.165, 1.54) is 17.5 Å². The molecule has 4 amide bonds. The summed E-state index contributed by atoms with van der Waals surface area (Å²) in [5.74, 6) is -1.12. The molecule has 0 spiro atoms. The predicted octanol–water partition coefficient (Wildman–Crippen LogP) is 6.84. The molecule has 4 aliphatic heterocycles. The van der Waals surface area contributed by atoms with E-state index in [-0.39, 0.29) is 79.8 Å². The number of aliphatic carboxylic acids is 1. The van der Waals surface area contributed by atoms with Gasteiger partial charge in [-0.15, -0.1) is 0 Å². The summed E-state index contributed by atoms with van der Waals surface area (Å²) < 4.78 is 0. The van der Waals surface area contributed by atoms with Gasteiger partial charge in [0.25, 0.3) is 0 Å². The first kappa shape index (κ1) is 58.5. The van der Waals surface area contributed by atoms with Crippen molar-refractivity contribution in [1.29, 1.82) is 0 Å². The van der Waals surface area contributed by atoms with E-state index in [0.717, 1.165) is 43.2 Å². The third-order valence-corrected chi connectivity index (χ3v) is 16.9. The summed E-state index contributed by atoms with van der Waals surface area (Å²) in [5.41, 5.74) is 16.8. The molecule has 8 N–H and O–H groups in total. The van der Waals surface area contributed by atoms with E-state index in [9.17, 15) is 29.1 Å². The Hall–Kier alpha value is -5.63. The molecule has 4 fully saturated rings. The number of aromatic amines is 1. The summed E-state index contributed by atoms with van der Waals surface area (Å²) in [5, 5.41) is 23.7. The van der Waals surface area contributed by atoms with E-state index in [4.69, 9.17) is 57.9 Å². The van der Waals surface area contributed by atoms with Gasteiger partial charge in [0.05, 0.1) is 32.2 Å². The third kappa shape index (κ3) is 15.6. The number of amides is 4. The Morgan fingerprint density at radius 2 is 1.09 bits per heavy atom. The number of halogens is 4. The van der Waals surface area contributed by atoms with Crippen LogP contribution < -0.4 is 22.1 Å². The van der Waals surface area contributed by atoms with Crippen LogP contribution in [0.4, 0.5) is 0 Å². The quantitative estimate of drug-likeness (QED) is 0.0470. The van der Waals surface area contributed by atoms with Crippen molar-refractivity contribution < 1.29 is 29.1 Å².